The fourth-order valence-corrected chi connectivity index (χ4v) is 3.72. The zero-order chi connectivity index (χ0) is 12.0. The van der Waals surface area contributed by atoms with Gasteiger partial charge in [-0.1, -0.05) is 53.3 Å². The molecule has 0 aliphatic rings. The highest BCUT2D eigenvalue weighted by molar-refractivity contribution is 7.80. The Morgan fingerprint density at radius 1 is 0.933 bits per heavy atom. The van der Waals surface area contributed by atoms with E-state index in [1.54, 1.807) is 0 Å². The minimum Gasteiger partial charge on any atom is -0.179 e. The van der Waals surface area contributed by atoms with Gasteiger partial charge in [0, 0.05) is 0 Å². The van der Waals surface area contributed by atoms with E-state index in [1.165, 1.54) is 12.8 Å². The Bertz CT molecular complexity index is 141. The third kappa shape index (κ3) is 4.42. The second kappa shape index (κ2) is 7.65. The molecule has 0 aliphatic heterocycles. The molecule has 0 heterocycles. The van der Waals surface area contributed by atoms with Gasteiger partial charge in [0.15, 0.2) is 0 Å². The van der Waals surface area contributed by atoms with Crippen molar-refractivity contribution in [1.82, 2.24) is 0 Å². The molecule has 0 spiro atoms. The summed E-state index contributed by atoms with van der Waals surface area (Å²) in [6.45, 7) is 11.7. The Morgan fingerprint density at radius 2 is 1.40 bits per heavy atom. The molecule has 2 heteroatoms. The van der Waals surface area contributed by atoms with Crippen molar-refractivity contribution in [1.29, 1.82) is 0 Å². The van der Waals surface area contributed by atoms with E-state index >= 15 is 0 Å². The zero-order valence-corrected chi connectivity index (χ0v) is 12.3. The molecule has 0 rings (SSSR count). The van der Waals surface area contributed by atoms with E-state index in [0.717, 1.165) is 35.2 Å². The van der Waals surface area contributed by atoms with Crippen LogP contribution in [0.15, 0.2) is 0 Å². The van der Waals surface area contributed by atoms with Gasteiger partial charge in [-0.25, -0.2) is 0 Å². The lowest BCUT2D eigenvalue weighted by Crippen LogP contribution is -2.30. The summed E-state index contributed by atoms with van der Waals surface area (Å²) in [5.74, 6) is 5.12. The first kappa shape index (κ1) is 15.4. The second-order valence-corrected chi connectivity index (χ2v) is 5.84. The summed E-state index contributed by atoms with van der Waals surface area (Å²) in [6.07, 6.45) is 2.62. The van der Waals surface area contributed by atoms with Crippen molar-refractivity contribution in [2.24, 2.45) is 23.7 Å². The summed E-state index contributed by atoms with van der Waals surface area (Å²) < 4.78 is 0. The highest BCUT2D eigenvalue weighted by Gasteiger charge is 2.29. The molecule has 0 saturated carbocycles. The largest absolute Gasteiger partial charge is 0.179 e. The Labute approximate surface area is 103 Å². The standard InChI is InChI=1S/C13H29BS/c1-6-11(10(5)14)12(7-2)13(8-15)9(3)4/h9-13,15H,6-8,14H2,1-5H3. The predicted octanol–water partition coefficient (Wildman–Crippen LogP) is 3.68. The van der Waals surface area contributed by atoms with Crippen LogP contribution in [-0.4, -0.2) is 13.6 Å². The highest BCUT2D eigenvalue weighted by atomic mass is 32.1. The zero-order valence-electron chi connectivity index (χ0n) is 11.5. The van der Waals surface area contributed by atoms with E-state index < -0.39 is 0 Å². The lowest BCUT2D eigenvalue weighted by Gasteiger charge is -2.36. The number of thiol groups is 1. The monoisotopic (exact) mass is 228 g/mol. The molecule has 0 saturated heterocycles. The van der Waals surface area contributed by atoms with Gasteiger partial charge in [-0.3, -0.25) is 0 Å². The van der Waals surface area contributed by atoms with Crippen molar-refractivity contribution in [3.8, 4) is 0 Å². The third-order valence-electron chi connectivity index (χ3n) is 3.97. The van der Waals surface area contributed by atoms with Gasteiger partial charge in [-0.2, -0.15) is 12.6 Å². The molecule has 0 aliphatic carbocycles. The molecule has 0 aromatic carbocycles. The van der Waals surface area contributed by atoms with Crippen LogP contribution in [0, 0.1) is 23.7 Å². The molecule has 4 unspecified atom stereocenters. The summed E-state index contributed by atoms with van der Waals surface area (Å²) in [4.78, 5) is 0. The van der Waals surface area contributed by atoms with E-state index in [1.807, 2.05) is 0 Å². The van der Waals surface area contributed by atoms with Crippen LogP contribution in [0.3, 0.4) is 0 Å². The molecule has 0 nitrogen and oxygen atoms in total. The van der Waals surface area contributed by atoms with Crippen LogP contribution in [0.5, 0.6) is 0 Å². The maximum atomic E-state index is 4.55. The first-order valence-electron chi connectivity index (χ1n) is 6.60. The van der Waals surface area contributed by atoms with Gasteiger partial charge >= 0.3 is 0 Å². The molecular formula is C13H29BS. The summed E-state index contributed by atoms with van der Waals surface area (Å²) in [5.41, 5.74) is 0. The van der Waals surface area contributed by atoms with Gasteiger partial charge in [-0.15, -0.1) is 0 Å². The summed E-state index contributed by atoms with van der Waals surface area (Å²) in [6, 6.07) is 0. The molecule has 4 atom stereocenters. The van der Waals surface area contributed by atoms with E-state index in [4.69, 9.17) is 0 Å². The van der Waals surface area contributed by atoms with Crippen molar-refractivity contribution in [3.63, 3.8) is 0 Å². The maximum Gasteiger partial charge on any atom is 0.105 e. The summed E-state index contributed by atoms with van der Waals surface area (Å²) in [5, 5.41) is 0. The van der Waals surface area contributed by atoms with Crippen molar-refractivity contribution in [2.45, 2.75) is 53.3 Å². The van der Waals surface area contributed by atoms with Crippen molar-refractivity contribution < 1.29 is 0 Å². The molecule has 0 radical (unpaired) electrons. The number of rotatable bonds is 7. The average molecular weight is 228 g/mol. The smallest absolute Gasteiger partial charge is 0.105 e. The van der Waals surface area contributed by atoms with E-state index in [-0.39, 0.29) is 0 Å². The predicted molar refractivity (Wildman–Crippen MR) is 77.7 cm³/mol. The second-order valence-electron chi connectivity index (χ2n) is 5.48. The topological polar surface area (TPSA) is 0 Å². The first-order chi connectivity index (χ1) is 6.99. The van der Waals surface area contributed by atoms with Crippen molar-refractivity contribution >= 4 is 20.5 Å². The van der Waals surface area contributed by atoms with Gasteiger partial charge in [0.05, 0.1) is 0 Å². The SMILES string of the molecule is BC(C)C(CC)C(CC)C(CS)C(C)C. The van der Waals surface area contributed by atoms with Crippen LogP contribution in [0.1, 0.15) is 47.5 Å². The number of hydrogen-bond acceptors (Lipinski definition) is 1. The van der Waals surface area contributed by atoms with E-state index in [9.17, 15) is 0 Å². The minimum atomic E-state index is 0.764. The highest BCUT2D eigenvalue weighted by Crippen LogP contribution is 2.37. The Hall–Kier alpha value is 0.415. The summed E-state index contributed by atoms with van der Waals surface area (Å²) >= 11 is 4.55. The lowest BCUT2D eigenvalue weighted by molar-refractivity contribution is 0.182. The van der Waals surface area contributed by atoms with E-state index in [0.29, 0.717) is 0 Å². The van der Waals surface area contributed by atoms with Gasteiger partial charge in [0.2, 0.25) is 0 Å². The van der Waals surface area contributed by atoms with Crippen LogP contribution in [0.4, 0.5) is 0 Å². The molecule has 0 aromatic rings. The molecular weight excluding hydrogens is 199 g/mol. The minimum absolute atomic E-state index is 0.764. The van der Waals surface area contributed by atoms with Crippen LogP contribution in [0.2, 0.25) is 5.82 Å². The molecule has 15 heavy (non-hydrogen) atoms. The molecule has 0 aromatic heterocycles. The van der Waals surface area contributed by atoms with Crippen LogP contribution < -0.4 is 0 Å². The first-order valence-corrected chi connectivity index (χ1v) is 7.23. The Morgan fingerprint density at radius 3 is 1.60 bits per heavy atom. The third-order valence-corrected chi connectivity index (χ3v) is 4.39. The van der Waals surface area contributed by atoms with Crippen LogP contribution in [0.25, 0.3) is 0 Å². The molecule has 0 N–H and O–H groups in total. The van der Waals surface area contributed by atoms with Gasteiger partial charge in [-0.05, 0) is 29.4 Å². The molecule has 90 valence electrons. The fraction of sp³-hybridized carbons (Fsp3) is 1.00. The average Bonchev–Trinajstić information content (AvgIpc) is 2.16. The van der Waals surface area contributed by atoms with Gasteiger partial charge in [0.25, 0.3) is 0 Å². The van der Waals surface area contributed by atoms with E-state index in [2.05, 4.69) is 55.1 Å². The molecule has 0 fully saturated rings. The van der Waals surface area contributed by atoms with Crippen molar-refractivity contribution in [2.75, 3.05) is 5.75 Å². The maximum absolute atomic E-state index is 4.55. The lowest BCUT2D eigenvalue weighted by atomic mass is 9.65. The van der Waals surface area contributed by atoms with Gasteiger partial charge < -0.3 is 0 Å². The molecule has 0 bridgehead atoms. The quantitative estimate of drug-likeness (QED) is 0.498. The number of hydrogen-bond donors (Lipinski definition) is 1. The Kier molecular flexibility index (Phi) is 7.86. The summed E-state index contributed by atoms with van der Waals surface area (Å²) in [7, 11) is 2.37. The normalized spacial score (nSPS) is 19.9. The Balaban J connectivity index is 4.68. The van der Waals surface area contributed by atoms with Crippen LogP contribution in [-0.2, 0) is 0 Å². The van der Waals surface area contributed by atoms with Gasteiger partial charge in [0.1, 0.15) is 7.85 Å². The van der Waals surface area contributed by atoms with Crippen molar-refractivity contribution in [3.05, 3.63) is 0 Å². The molecule has 0 amide bonds. The fourth-order valence-electron chi connectivity index (χ4n) is 3.03. The van der Waals surface area contributed by atoms with Crippen LogP contribution >= 0.6 is 12.6 Å².